The summed E-state index contributed by atoms with van der Waals surface area (Å²) in [5.74, 6) is -0.206. The third-order valence-corrected chi connectivity index (χ3v) is 6.34. The van der Waals surface area contributed by atoms with Gasteiger partial charge in [-0.3, -0.25) is 4.55 Å². The molecule has 27 heavy (non-hydrogen) atoms. The Morgan fingerprint density at radius 3 is 1.78 bits per heavy atom. The molecule has 0 atom stereocenters. The minimum atomic E-state index is -4.40. The third-order valence-electron chi connectivity index (χ3n) is 5.21. The molecule has 0 fully saturated rings. The Morgan fingerprint density at radius 1 is 0.852 bits per heavy atom. The number of phenols is 1. The monoisotopic (exact) mass is 392 g/mol. The van der Waals surface area contributed by atoms with Crippen molar-refractivity contribution in [3.63, 3.8) is 0 Å². The van der Waals surface area contributed by atoms with E-state index in [9.17, 15) is 22.9 Å². The molecule has 146 valence electrons. The van der Waals surface area contributed by atoms with Gasteiger partial charge in [0, 0.05) is 0 Å². The Labute approximate surface area is 159 Å². The van der Waals surface area contributed by atoms with Crippen molar-refractivity contribution < 1.29 is 27.6 Å². The average molecular weight is 392 g/mol. The molecule has 6 nitrogen and oxygen atoms in total. The topological polar surface area (TPSA) is 101 Å². The number of ether oxygens (including phenoxy) is 1. The summed E-state index contributed by atoms with van der Waals surface area (Å²) in [5, 5.41) is 9.91. The zero-order chi connectivity index (χ0) is 20.8. The molecule has 0 amide bonds. The molecule has 0 aliphatic heterocycles. The molecule has 0 bridgehead atoms. The van der Waals surface area contributed by atoms with Crippen molar-refractivity contribution in [2.24, 2.45) is 0 Å². The number of carbonyl (C=O) groups excluding carboxylic acids is 1. The molecule has 0 aromatic heterocycles. The van der Waals surface area contributed by atoms with E-state index in [-0.39, 0.29) is 16.4 Å². The molecule has 0 aliphatic carbocycles. The summed E-state index contributed by atoms with van der Waals surface area (Å²) in [4.78, 5) is 12.7. The van der Waals surface area contributed by atoms with Crippen LogP contribution in [0, 0.1) is 48.5 Å². The van der Waals surface area contributed by atoms with Crippen LogP contribution in [0.1, 0.15) is 49.3 Å². The van der Waals surface area contributed by atoms with Gasteiger partial charge < -0.3 is 9.84 Å². The Morgan fingerprint density at radius 2 is 1.33 bits per heavy atom. The molecular formula is C20H24O6S. The predicted molar refractivity (Wildman–Crippen MR) is 102 cm³/mol. The van der Waals surface area contributed by atoms with Gasteiger partial charge in [-0.2, -0.15) is 8.42 Å². The number of hydrogen-bond donors (Lipinski definition) is 2. The highest BCUT2D eigenvalue weighted by Crippen LogP contribution is 2.36. The third kappa shape index (κ3) is 3.57. The van der Waals surface area contributed by atoms with Crippen molar-refractivity contribution in [1.82, 2.24) is 0 Å². The van der Waals surface area contributed by atoms with Gasteiger partial charge in [-0.15, -0.1) is 0 Å². The summed E-state index contributed by atoms with van der Waals surface area (Å²) in [6.45, 7) is 11.6. The number of aromatic hydroxyl groups is 1. The van der Waals surface area contributed by atoms with Crippen LogP contribution in [0.5, 0.6) is 11.5 Å². The van der Waals surface area contributed by atoms with Gasteiger partial charge in [0.1, 0.15) is 16.4 Å². The van der Waals surface area contributed by atoms with Crippen LogP contribution in [-0.4, -0.2) is 24.0 Å². The van der Waals surface area contributed by atoms with Crippen molar-refractivity contribution in [3.05, 3.63) is 50.6 Å². The van der Waals surface area contributed by atoms with Crippen LogP contribution in [0.4, 0.5) is 0 Å². The summed E-state index contributed by atoms with van der Waals surface area (Å²) >= 11 is 0. The lowest BCUT2D eigenvalue weighted by Gasteiger charge is -2.19. The quantitative estimate of drug-likeness (QED) is 0.465. The first-order valence-electron chi connectivity index (χ1n) is 8.38. The van der Waals surface area contributed by atoms with Crippen molar-refractivity contribution in [3.8, 4) is 11.5 Å². The Hall–Kier alpha value is -2.38. The standard InChI is InChI=1S/C20H24O6S/c1-9-8-16(21)10(2)11(3)17(9)20(22)26-18-12(4)14(6)19(27(23,24)25)15(7)13(18)5/h8,21H,1-7H3,(H,23,24,25). The number of benzene rings is 2. The first kappa shape index (κ1) is 20.9. The van der Waals surface area contributed by atoms with E-state index in [1.807, 2.05) is 0 Å². The lowest BCUT2D eigenvalue weighted by Crippen LogP contribution is -2.16. The van der Waals surface area contributed by atoms with Crippen LogP contribution in [0.3, 0.4) is 0 Å². The molecule has 0 saturated carbocycles. The normalized spacial score (nSPS) is 11.6. The van der Waals surface area contributed by atoms with Gasteiger partial charge >= 0.3 is 5.97 Å². The zero-order valence-corrected chi connectivity index (χ0v) is 17.3. The van der Waals surface area contributed by atoms with Gasteiger partial charge in [-0.05, 0) is 93.5 Å². The number of phenolic OH excluding ortho intramolecular Hbond substituents is 1. The molecule has 7 heteroatoms. The van der Waals surface area contributed by atoms with E-state index in [1.54, 1.807) is 48.5 Å². The van der Waals surface area contributed by atoms with Gasteiger partial charge in [-0.1, -0.05) is 0 Å². The van der Waals surface area contributed by atoms with E-state index in [0.29, 0.717) is 44.5 Å². The molecule has 0 saturated heterocycles. The summed E-state index contributed by atoms with van der Waals surface area (Å²) in [5.41, 5.74) is 3.75. The van der Waals surface area contributed by atoms with E-state index >= 15 is 0 Å². The molecule has 2 aromatic rings. The SMILES string of the molecule is Cc1cc(O)c(C)c(C)c1C(=O)Oc1c(C)c(C)c(S(=O)(=O)O)c(C)c1C. The smallest absolute Gasteiger partial charge is 0.344 e. The number of carbonyl (C=O) groups is 1. The largest absolute Gasteiger partial charge is 0.508 e. The van der Waals surface area contributed by atoms with Crippen LogP contribution in [-0.2, 0) is 10.1 Å². The first-order valence-corrected chi connectivity index (χ1v) is 9.82. The van der Waals surface area contributed by atoms with E-state index in [4.69, 9.17) is 4.74 Å². The van der Waals surface area contributed by atoms with Crippen LogP contribution in [0.2, 0.25) is 0 Å². The van der Waals surface area contributed by atoms with E-state index in [1.165, 1.54) is 6.07 Å². The highest BCUT2D eigenvalue weighted by molar-refractivity contribution is 7.86. The zero-order valence-electron chi connectivity index (χ0n) is 16.5. The summed E-state index contributed by atoms with van der Waals surface area (Å²) < 4.78 is 38.6. The Bertz CT molecular complexity index is 1040. The second-order valence-corrected chi connectivity index (χ2v) is 8.22. The Kier molecular flexibility index (Phi) is 5.41. The van der Waals surface area contributed by atoms with Crippen LogP contribution >= 0.6 is 0 Å². The Balaban J connectivity index is 2.64. The molecule has 0 heterocycles. The van der Waals surface area contributed by atoms with Gasteiger partial charge in [-0.25, -0.2) is 4.79 Å². The second kappa shape index (κ2) is 6.98. The molecule has 2 aromatic carbocycles. The second-order valence-electron chi connectivity index (χ2n) is 6.86. The molecule has 0 aliphatic rings. The first-order chi connectivity index (χ1) is 12.3. The maximum atomic E-state index is 12.9. The average Bonchev–Trinajstić information content (AvgIpc) is 2.53. The molecule has 0 spiro atoms. The van der Waals surface area contributed by atoms with Crippen molar-refractivity contribution in [1.29, 1.82) is 0 Å². The van der Waals surface area contributed by atoms with E-state index in [2.05, 4.69) is 0 Å². The summed E-state index contributed by atoms with van der Waals surface area (Å²) in [6, 6.07) is 1.51. The van der Waals surface area contributed by atoms with Gasteiger partial charge in [0.25, 0.3) is 10.1 Å². The highest BCUT2D eigenvalue weighted by Gasteiger charge is 2.26. The molecule has 0 radical (unpaired) electrons. The van der Waals surface area contributed by atoms with Crippen molar-refractivity contribution in [2.45, 2.75) is 53.4 Å². The van der Waals surface area contributed by atoms with Gasteiger partial charge in [0.2, 0.25) is 0 Å². The number of rotatable bonds is 3. The van der Waals surface area contributed by atoms with Crippen molar-refractivity contribution in [2.75, 3.05) is 0 Å². The molecule has 2 N–H and O–H groups in total. The molecule has 2 rings (SSSR count). The minimum absolute atomic E-state index is 0.109. The number of hydrogen-bond acceptors (Lipinski definition) is 5. The van der Waals surface area contributed by atoms with Crippen LogP contribution < -0.4 is 4.74 Å². The lowest BCUT2D eigenvalue weighted by molar-refractivity contribution is 0.0730. The minimum Gasteiger partial charge on any atom is -0.508 e. The van der Waals surface area contributed by atoms with Gasteiger partial charge in [0.05, 0.1) is 5.56 Å². The molecular weight excluding hydrogens is 368 g/mol. The molecule has 0 unspecified atom stereocenters. The van der Waals surface area contributed by atoms with Crippen LogP contribution in [0.15, 0.2) is 11.0 Å². The maximum absolute atomic E-state index is 12.9. The fourth-order valence-corrected chi connectivity index (χ4v) is 4.38. The summed E-state index contributed by atoms with van der Waals surface area (Å²) in [6.07, 6.45) is 0. The lowest BCUT2D eigenvalue weighted by atomic mass is 9.97. The van der Waals surface area contributed by atoms with Gasteiger partial charge in [0.15, 0.2) is 0 Å². The van der Waals surface area contributed by atoms with E-state index in [0.717, 1.165) is 0 Å². The maximum Gasteiger partial charge on any atom is 0.344 e. The fourth-order valence-electron chi connectivity index (χ4n) is 3.30. The van der Waals surface area contributed by atoms with E-state index < -0.39 is 16.1 Å². The predicted octanol–water partition coefficient (Wildman–Crippen LogP) is 4.02. The number of aryl methyl sites for hydroxylation is 1. The summed E-state index contributed by atoms with van der Waals surface area (Å²) in [7, 11) is -4.40. The fraction of sp³-hybridized carbons (Fsp3) is 0.350. The number of esters is 1. The van der Waals surface area contributed by atoms with Crippen LogP contribution in [0.25, 0.3) is 0 Å². The van der Waals surface area contributed by atoms with Crippen molar-refractivity contribution >= 4 is 16.1 Å². The highest BCUT2D eigenvalue weighted by atomic mass is 32.2.